The first kappa shape index (κ1) is 15.0. The number of hydrogen-bond acceptors (Lipinski definition) is 1. The van der Waals surface area contributed by atoms with Crippen LogP contribution in [-0.2, 0) is 0 Å². The fraction of sp³-hybridized carbons (Fsp3) is 0.143. The van der Waals surface area contributed by atoms with Crippen LogP contribution in [0.15, 0.2) is 30.3 Å². The molecule has 1 nitrogen and oxygen atoms in total. The molecule has 2 aromatic carbocycles. The number of anilines is 1. The van der Waals surface area contributed by atoms with E-state index in [1.54, 1.807) is 6.92 Å². The molecule has 0 heterocycles. The van der Waals surface area contributed by atoms with Gasteiger partial charge in [-0.05, 0) is 42.8 Å². The van der Waals surface area contributed by atoms with Gasteiger partial charge in [-0.15, -0.1) is 0 Å². The van der Waals surface area contributed by atoms with Crippen molar-refractivity contribution in [2.45, 2.75) is 13.0 Å². The average Bonchev–Trinajstić information content (AvgIpc) is 2.38. The summed E-state index contributed by atoms with van der Waals surface area (Å²) in [5.74, 6) is -1.81. The third-order valence-corrected chi connectivity index (χ3v) is 3.42. The van der Waals surface area contributed by atoms with Gasteiger partial charge in [-0.2, -0.15) is 0 Å². The molecule has 0 aliphatic rings. The minimum atomic E-state index is -0.626. The number of rotatable bonds is 3. The highest BCUT2D eigenvalue weighted by Crippen LogP contribution is 2.31. The highest BCUT2D eigenvalue weighted by Gasteiger charge is 2.15. The van der Waals surface area contributed by atoms with Crippen LogP contribution in [0.5, 0.6) is 0 Å². The molecule has 1 N–H and O–H groups in total. The summed E-state index contributed by atoms with van der Waals surface area (Å²) in [4.78, 5) is 0. The van der Waals surface area contributed by atoms with Crippen molar-refractivity contribution in [3.05, 3.63) is 63.4 Å². The van der Waals surface area contributed by atoms with Crippen molar-refractivity contribution in [1.82, 2.24) is 0 Å². The first-order valence-corrected chi connectivity index (χ1v) is 6.50. The van der Waals surface area contributed by atoms with E-state index in [1.807, 2.05) is 0 Å². The fourth-order valence-electron chi connectivity index (χ4n) is 1.79. The van der Waals surface area contributed by atoms with Crippen molar-refractivity contribution in [3.8, 4) is 0 Å². The molecule has 20 heavy (non-hydrogen) atoms. The van der Waals surface area contributed by atoms with Crippen LogP contribution in [0, 0.1) is 17.5 Å². The Hall–Kier alpha value is -1.39. The van der Waals surface area contributed by atoms with Gasteiger partial charge in [0.25, 0.3) is 0 Å². The van der Waals surface area contributed by atoms with Gasteiger partial charge < -0.3 is 5.32 Å². The molecule has 106 valence electrons. The van der Waals surface area contributed by atoms with Crippen LogP contribution in [0.3, 0.4) is 0 Å². The van der Waals surface area contributed by atoms with Crippen molar-refractivity contribution in [3.63, 3.8) is 0 Å². The standard InChI is InChI=1S/C14H10Cl2F3N/c1-7(9-5-13(19)11(16)6-10(9)15)20-14-4-8(17)2-3-12(14)18/h2-7,20H,1H3. The van der Waals surface area contributed by atoms with Gasteiger partial charge in [0.05, 0.1) is 16.8 Å². The zero-order valence-electron chi connectivity index (χ0n) is 10.4. The Balaban J connectivity index is 2.30. The van der Waals surface area contributed by atoms with Gasteiger partial charge in [-0.1, -0.05) is 23.2 Å². The normalized spacial score (nSPS) is 12.3. The Kier molecular flexibility index (Phi) is 4.45. The van der Waals surface area contributed by atoms with E-state index in [9.17, 15) is 13.2 Å². The van der Waals surface area contributed by atoms with Crippen molar-refractivity contribution < 1.29 is 13.2 Å². The molecule has 2 rings (SSSR count). The molecule has 6 heteroatoms. The van der Waals surface area contributed by atoms with Crippen LogP contribution in [-0.4, -0.2) is 0 Å². The summed E-state index contributed by atoms with van der Waals surface area (Å²) in [5.41, 5.74) is 0.376. The molecule has 1 atom stereocenters. The van der Waals surface area contributed by atoms with Gasteiger partial charge in [0.1, 0.15) is 17.5 Å². The lowest BCUT2D eigenvalue weighted by molar-refractivity contribution is 0.600. The fourth-order valence-corrected chi connectivity index (χ4v) is 2.34. The zero-order valence-corrected chi connectivity index (χ0v) is 11.9. The third-order valence-electron chi connectivity index (χ3n) is 2.81. The Morgan fingerprint density at radius 2 is 1.65 bits per heavy atom. The van der Waals surface area contributed by atoms with E-state index >= 15 is 0 Å². The number of benzene rings is 2. The van der Waals surface area contributed by atoms with E-state index in [0.717, 1.165) is 18.2 Å². The summed E-state index contributed by atoms with van der Waals surface area (Å²) in [6, 6.07) is 4.96. The molecule has 0 saturated heterocycles. The molecular formula is C14H10Cl2F3N. The summed E-state index contributed by atoms with van der Waals surface area (Å²) in [6.45, 7) is 1.65. The maximum absolute atomic E-state index is 13.5. The van der Waals surface area contributed by atoms with Crippen LogP contribution in [0.4, 0.5) is 18.9 Å². The van der Waals surface area contributed by atoms with Gasteiger partial charge in [-0.25, -0.2) is 13.2 Å². The molecule has 2 aromatic rings. The number of nitrogens with one attached hydrogen (secondary N) is 1. The minimum absolute atomic E-state index is 0.0241. The molecule has 0 amide bonds. The summed E-state index contributed by atoms with van der Waals surface area (Å²) < 4.78 is 40.1. The second-order valence-electron chi connectivity index (χ2n) is 4.28. The highest BCUT2D eigenvalue weighted by molar-refractivity contribution is 6.35. The van der Waals surface area contributed by atoms with E-state index in [4.69, 9.17) is 23.2 Å². The highest BCUT2D eigenvalue weighted by atomic mass is 35.5. The predicted molar refractivity (Wildman–Crippen MR) is 74.8 cm³/mol. The summed E-state index contributed by atoms with van der Waals surface area (Å²) >= 11 is 11.6. The van der Waals surface area contributed by atoms with Crippen molar-refractivity contribution >= 4 is 28.9 Å². The van der Waals surface area contributed by atoms with E-state index < -0.39 is 23.5 Å². The molecule has 0 fully saturated rings. The lowest BCUT2D eigenvalue weighted by Gasteiger charge is -2.18. The number of halogens is 5. The molecule has 0 aromatic heterocycles. The smallest absolute Gasteiger partial charge is 0.146 e. The first-order chi connectivity index (χ1) is 9.38. The van der Waals surface area contributed by atoms with Crippen molar-refractivity contribution in [1.29, 1.82) is 0 Å². The van der Waals surface area contributed by atoms with E-state index in [2.05, 4.69) is 5.32 Å². The zero-order chi connectivity index (χ0) is 14.9. The molecule has 0 bridgehead atoms. The molecular weight excluding hydrogens is 310 g/mol. The second kappa shape index (κ2) is 5.94. The lowest BCUT2D eigenvalue weighted by Crippen LogP contribution is -2.09. The monoisotopic (exact) mass is 319 g/mol. The van der Waals surface area contributed by atoms with Gasteiger partial charge in [0, 0.05) is 5.02 Å². The SMILES string of the molecule is CC(Nc1cc(F)ccc1F)c1cc(F)c(Cl)cc1Cl. The maximum atomic E-state index is 13.5. The van der Waals surface area contributed by atoms with Crippen molar-refractivity contribution in [2.24, 2.45) is 0 Å². The topological polar surface area (TPSA) is 12.0 Å². The molecule has 0 radical (unpaired) electrons. The van der Waals surface area contributed by atoms with Crippen LogP contribution in [0.2, 0.25) is 10.0 Å². The Morgan fingerprint density at radius 1 is 0.950 bits per heavy atom. The van der Waals surface area contributed by atoms with Crippen LogP contribution in [0.25, 0.3) is 0 Å². The van der Waals surface area contributed by atoms with Crippen LogP contribution < -0.4 is 5.32 Å². The van der Waals surface area contributed by atoms with Gasteiger partial charge in [0.2, 0.25) is 0 Å². The molecule has 0 spiro atoms. The number of hydrogen-bond donors (Lipinski definition) is 1. The quantitative estimate of drug-likeness (QED) is 0.728. The van der Waals surface area contributed by atoms with Gasteiger partial charge in [-0.3, -0.25) is 0 Å². The summed E-state index contributed by atoms with van der Waals surface area (Å²) in [5, 5.41) is 2.89. The van der Waals surface area contributed by atoms with Gasteiger partial charge >= 0.3 is 0 Å². The van der Waals surface area contributed by atoms with E-state index in [1.165, 1.54) is 12.1 Å². The van der Waals surface area contributed by atoms with Crippen LogP contribution in [0.1, 0.15) is 18.5 Å². The lowest BCUT2D eigenvalue weighted by atomic mass is 10.1. The van der Waals surface area contributed by atoms with E-state index in [-0.39, 0.29) is 15.7 Å². The van der Waals surface area contributed by atoms with Crippen molar-refractivity contribution in [2.75, 3.05) is 5.32 Å². The Morgan fingerprint density at radius 3 is 2.35 bits per heavy atom. The Bertz CT molecular complexity index is 647. The Labute approximate surface area is 124 Å². The molecule has 0 aliphatic carbocycles. The summed E-state index contributed by atoms with van der Waals surface area (Å²) in [7, 11) is 0. The second-order valence-corrected chi connectivity index (χ2v) is 5.09. The summed E-state index contributed by atoms with van der Waals surface area (Å²) in [6.07, 6.45) is 0. The minimum Gasteiger partial charge on any atom is -0.376 e. The first-order valence-electron chi connectivity index (χ1n) is 5.74. The molecule has 0 aliphatic heterocycles. The largest absolute Gasteiger partial charge is 0.376 e. The predicted octanol–water partition coefficient (Wildman–Crippen LogP) is 5.58. The molecule has 1 unspecified atom stereocenters. The maximum Gasteiger partial charge on any atom is 0.146 e. The average molecular weight is 320 g/mol. The van der Waals surface area contributed by atoms with Gasteiger partial charge in [0.15, 0.2) is 0 Å². The molecule has 0 saturated carbocycles. The van der Waals surface area contributed by atoms with E-state index in [0.29, 0.717) is 5.56 Å². The van der Waals surface area contributed by atoms with Crippen LogP contribution >= 0.6 is 23.2 Å². The third kappa shape index (κ3) is 3.19.